The van der Waals surface area contributed by atoms with Crippen molar-refractivity contribution in [2.45, 2.75) is 25.1 Å². The van der Waals surface area contributed by atoms with Crippen LogP contribution in [-0.4, -0.2) is 23.9 Å². The van der Waals surface area contributed by atoms with Crippen LogP contribution in [0.2, 0.25) is 0 Å². The van der Waals surface area contributed by atoms with E-state index in [9.17, 15) is 0 Å². The molecule has 0 aliphatic carbocycles. The maximum atomic E-state index is 8.94. The molecule has 0 aromatic heterocycles. The fourth-order valence-corrected chi connectivity index (χ4v) is 0.861. The average molecular weight is 115 g/mol. The third kappa shape index (κ3) is 1.43. The maximum absolute atomic E-state index is 8.94. The summed E-state index contributed by atoms with van der Waals surface area (Å²) in [5.74, 6) is 0. The highest BCUT2D eigenvalue weighted by Gasteiger charge is 2.15. The van der Waals surface area contributed by atoms with Crippen LogP contribution in [0.4, 0.5) is 0 Å². The van der Waals surface area contributed by atoms with E-state index in [2.05, 4.69) is 5.32 Å². The molecule has 8 heavy (non-hydrogen) atoms. The Kier molecular flexibility index (Phi) is 1.83. The van der Waals surface area contributed by atoms with Gasteiger partial charge in [-0.05, 0) is 6.42 Å². The molecule has 47 valence electrons. The van der Waals surface area contributed by atoms with Crippen molar-refractivity contribution in [1.29, 1.82) is 0 Å². The summed E-state index contributed by atoms with van der Waals surface area (Å²) in [7, 11) is 0. The monoisotopic (exact) mass is 115 g/mol. The molecule has 0 aromatic rings. The molecule has 0 bridgehead atoms. The lowest BCUT2D eigenvalue weighted by Gasteiger charge is -2.21. The molecule has 1 aliphatic rings. The largest absolute Gasteiger partial charge is 0.393 e. The van der Waals surface area contributed by atoms with Crippen LogP contribution in [-0.2, 0) is 0 Å². The van der Waals surface area contributed by atoms with Gasteiger partial charge in [0.2, 0.25) is 0 Å². The zero-order chi connectivity index (χ0) is 5.98. The van der Waals surface area contributed by atoms with E-state index < -0.39 is 0 Å². The Morgan fingerprint density at radius 2 is 2.38 bits per heavy atom. The van der Waals surface area contributed by atoms with Gasteiger partial charge in [0, 0.05) is 13.0 Å². The molecule has 1 rings (SSSR count). The van der Waals surface area contributed by atoms with E-state index in [4.69, 9.17) is 10.8 Å². The molecule has 0 aromatic carbocycles. The molecule has 0 amide bonds. The predicted molar refractivity (Wildman–Crippen MR) is 30.2 cm³/mol. The Balaban J connectivity index is 2.23. The van der Waals surface area contributed by atoms with Crippen LogP contribution >= 0.6 is 0 Å². The minimum absolute atomic E-state index is 0.112. The zero-order valence-electron chi connectivity index (χ0n) is 4.75. The lowest BCUT2D eigenvalue weighted by molar-refractivity contribution is 0.116. The van der Waals surface area contributed by atoms with Crippen LogP contribution in [0.25, 0.3) is 0 Å². The van der Waals surface area contributed by atoms with Crippen LogP contribution in [0.1, 0.15) is 12.8 Å². The van der Waals surface area contributed by atoms with Gasteiger partial charge < -0.3 is 10.8 Å². The van der Waals surface area contributed by atoms with Crippen molar-refractivity contribution >= 4 is 0 Å². The lowest BCUT2D eigenvalue weighted by Crippen LogP contribution is -2.41. The van der Waals surface area contributed by atoms with Crippen LogP contribution < -0.4 is 11.1 Å². The average Bonchev–Trinajstić information content (AvgIpc) is 1.64. The Morgan fingerprint density at radius 3 is 2.75 bits per heavy atom. The summed E-state index contributed by atoms with van der Waals surface area (Å²) in [6.07, 6.45) is 1.11. The Morgan fingerprint density at radius 1 is 1.62 bits per heavy atom. The van der Waals surface area contributed by atoms with Gasteiger partial charge in [0.25, 0.3) is 0 Å². The molecule has 0 spiro atoms. The van der Waals surface area contributed by atoms with Gasteiger partial charge in [-0.25, -0.2) is 5.32 Å². The van der Waals surface area contributed by atoms with Crippen molar-refractivity contribution in [3.8, 4) is 0 Å². The molecule has 1 saturated heterocycles. The summed E-state index contributed by atoms with van der Waals surface area (Å²) in [4.78, 5) is 0. The van der Waals surface area contributed by atoms with Gasteiger partial charge in [0.05, 0.1) is 12.3 Å². The van der Waals surface area contributed by atoms with Crippen molar-refractivity contribution in [1.82, 2.24) is 5.32 Å². The van der Waals surface area contributed by atoms with Gasteiger partial charge >= 0.3 is 0 Å². The molecule has 1 aliphatic heterocycles. The number of nitrogens with zero attached hydrogens (tertiary/aromatic N) is 1. The smallest absolute Gasteiger partial charge is 0.0735 e. The molecule has 0 saturated carbocycles. The molecular weight excluding hydrogens is 104 g/mol. The second-order valence-electron chi connectivity index (χ2n) is 2.15. The van der Waals surface area contributed by atoms with Gasteiger partial charge in [0.15, 0.2) is 0 Å². The molecule has 1 fully saturated rings. The number of aliphatic hydroxyl groups is 1. The standard InChI is InChI=1S/C5H11N2O/c6-5-3-4(8)1-2-7-5/h4-5,8H,1-3,6H2. The fourth-order valence-electron chi connectivity index (χ4n) is 0.861. The first-order chi connectivity index (χ1) is 3.79. The number of hydrogen-bond donors (Lipinski definition) is 2. The highest BCUT2D eigenvalue weighted by Crippen LogP contribution is 2.04. The van der Waals surface area contributed by atoms with E-state index in [1.165, 1.54) is 0 Å². The first-order valence-electron chi connectivity index (χ1n) is 2.89. The lowest BCUT2D eigenvalue weighted by atomic mass is 10.1. The number of hydrogen-bond acceptors (Lipinski definition) is 2. The van der Waals surface area contributed by atoms with Gasteiger partial charge in [-0.15, -0.1) is 0 Å². The molecule has 3 nitrogen and oxygen atoms in total. The Hall–Kier alpha value is -0.120. The van der Waals surface area contributed by atoms with Gasteiger partial charge in [-0.3, -0.25) is 0 Å². The third-order valence-corrected chi connectivity index (χ3v) is 1.34. The number of rotatable bonds is 0. The summed E-state index contributed by atoms with van der Waals surface area (Å²) < 4.78 is 0. The highest BCUT2D eigenvalue weighted by atomic mass is 16.3. The van der Waals surface area contributed by atoms with Crippen LogP contribution in [0.3, 0.4) is 0 Å². The predicted octanol–water partition coefficient (Wildman–Crippen LogP) is -0.970. The van der Waals surface area contributed by atoms with Gasteiger partial charge in [-0.1, -0.05) is 0 Å². The summed E-state index contributed by atoms with van der Waals surface area (Å²) in [6.45, 7) is 0.725. The normalized spacial score (nSPS) is 39.8. The molecule has 3 N–H and O–H groups in total. The van der Waals surface area contributed by atoms with Crippen LogP contribution in [0.15, 0.2) is 0 Å². The van der Waals surface area contributed by atoms with Gasteiger partial charge in [-0.2, -0.15) is 0 Å². The van der Waals surface area contributed by atoms with Crippen LogP contribution in [0, 0.1) is 0 Å². The molecule has 3 heteroatoms. The Bertz CT molecular complexity index is 68.8. The molecule has 2 atom stereocenters. The SMILES string of the molecule is NC1CC(O)CC[N]1. The number of nitrogens with two attached hydrogens (primary N) is 1. The van der Waals surface area contributed by atoms with Crippen LogP contribution in [0.5, 0.6) is 0 Å². The highest BCUT2D eigenvalue weighted by molar-refractivity contribution is 4.71. The van der Waals surface area contributed by atoms with Crippen molar-refractivity contribution in [3.63, 3.8) is 0 Å². The molecular formula is C5H11N2O. The molecule has 2 unspecified atom stereocenters. The minimum Gasteiger partial charge on any atom is -0.393 e. The summed E-state index contributed by atoms with van der Waals surface area (Å²) in [5, 5.41) is 12.9. The molecule has 1 radical (unpaired) electrons. The number of aliphatic hydroxyl groups excluding tert-OH is 1. The number of piperidine rings is 1. The van der Waals surface area contributed by atoms with E-state index in [0.717, 1.165) is 13.0 Å². The van der Waals surface area contributed by atoms with E-state index in [0.29, 0.717) is 6.42 Å². The van der Waals surface area contributed by atoms with Gasteiger partial charge in [0.1, 0.15) is 0 Å². The topological polar surface area (TPSA) is 60.4 Å². The Labute approximate surface area is 48.9 Å². The second-order valence-corrected chi connectivity index (χ2v) is 2.15. The zero-order valence-corrected chi connectivity index (χ0v) is 4.75. The van der Waals surface area contributed by atoms with Crippen molar-refractivity contribution in [2.75, 3.05) is 6.54 Å². The fraction of sp³-hybridized carbons (Fsp3) is 1.00. The first kappa shape index (κ1) is 6.01. The van der Waals surface area contributed by atoms with E-state index >= 15 is 0 Å². The second kappa shape index (κ2) is 2.44. The van der Waals surface area contributed by atoms with E-state index in [-0.39, 0.29) is 12.3 Å². The quantitative estimate of drug-likeness (QED) is 0.426. The van der Waals surface area contributed by atoms with Crippen molar-refractivity contribution < 1.29 is 5.11 Å². The summed E-state index contributed by atoms with van der Waals surface area (Å²) >= 11 is 0. The van der Waals surface area contributed by atoms with E-state index in [1.54, 1.807) is 0 Å². The molecule has 1 heterocycles. The van der Waals surface area contributed by atoms with E-state index in [1.807, 2.05) is 0 Å². The minimum atomic E-state index is -0.206. The van der Waals surface area contributed by atoms with Crippen molar-refractivity contribution in [3.05, 3.63) is 0 Å². The first-order valence-corrected chi connectivity index (χ1v) is 2.89. The maximum Gasteiger partial charge on any atom is 0.0735 e. The third-order valence-electron chi connectivity index (χ3n) is 1.34. The summed E-state index contributed by atoms with van der Waals surface area (Å²) in [6, 6.07) is 0. The summed E-state index contributed by atoms with van der Waals surface area (Å²) in [5.41, 5.74) is 5.40. The van der Waals surface area contributed by atoms with Crippen molar-refractivity contribution in [2.24, 2.45) is 5.73 Å².